The van der Waals surface area contributed by atoms with E-state index < -0.39 is 0 Å². The Morgan fingerprint density at radius 1 is 1.53 bits per heavy atom. The number of nitrogens with zero attached hydrogens (tertiary/aromatic N) is 1. The highest BCUT2D eigenvalue weighted by Gasteiger charge is 2.16. The summed E-state index contributed by atoms with van der Waals surface area (Å²) in [6.45, 7) is 4.33. The molecule has 4 heteroatoms. The second kappa shape index (κ2) is 5.77. The molecule has 1 rings (SSSR count). The Morgan fingerprint density at radius 3 is 2.71 bits per heavy atom. The molecule has 0 aliphatic rings. The van der Waals surface area contributed by atoms with Crippen LogP contribution in [-0.2, 0) is 11.3 Å². The number of halogens is 1. The molecular weight excluding hydrogens is 219 g/mol. The number of carbonyl (C=O) groups excluding carboxylic acids is 1. The Bertz CT molecular complexity index is 406. The van der Waals surface area contributed by atoms with E-state index in [1.165, 1.54) is 6.07 Å². The van der Waals surface area contributed by atoms with Crippen molar-refractivity contribution in [1.82, 2.24) is 4.90 Å². The fraction of sp³-hybridized carbons (Fsp3) is 0.462. The first-order valence-corrected chi connectivity index (χ1v) is 5.65. The van der Waals surface area contributed by atoms with Crippen LogP contribution in [0.1, 0.15) is 18.1 Å². The van der Waals surface area contributed by atoms with E-state index in [-0.39, 0.29) is 17.6 Å². The van der Waals surface area contributed by atoms with Crippen LogP contribution in [0.4, 0.5) is 4.39 Å². The standard InChI is InChI=1S/C13H19FN2O/c1-9-6-11(4-5-12(9)14)8-16(3)13(17)10(2)7-15/h4-6,10H,7-8,15H2,1-3H3. The molecule has 0 saturated carbocycles. The van der Waals surface area contributed by atoms with Crippen LogP contribution in [0.25, 0.3) is 0 Å². The van der Waals surface area contributed by atoms with Crippen LogP contribution in [-0.4, -0.2) is 24.4 Å². The van der Waals surface area contributed by atoms with Crippen LogP contribution in [0.5, 0.6) is 0 Å². The van der Waals surface area contributed by atoms with Gasteiger partial charge in [0.1, 0.15) is 5.82 Å². The molecular formula is C13H19FN2O. The molecule has 1 atom stereocenters. The Hall–Kier alpha value is -1.42. The van der Waals surface area contributed by atoms with E-state index in [1.807, 2.05) is 0 Å². The monoisotopic (exact) mass is 238 g/mol. The van der Waals surface area contributed by atoms with E-state index in [1.54, 1.807) is 37.9 Å². The topological polar surface area (TPSA) is 46.3 Å². The highest BCUT2D eigenvalue weighted by Crippen LogP contribution is 2.12. The zero-order valence-electron chi connectivity index (χ0n) is 10.5. The zero-order valence-corrected chi connectivity index (χ0v) is 10.5. The Morgan fingerprint density at radius 2 is 2.18 bits per heavy atom. The molecule has 0 heterocycles. The number of hydrogen-bond acceptors (Lipinski definition) is 2. The number of nitrogens with two attached hydrogens (primary N) is 1. The summed E-state index contributed by atoms with van der Waals surface area (Å²) in [5, 5.41) is 0. The summed E-state index contributed by atoms with van der Waals surface area (Å²) in [5.41, 5.74) is 6.96. The number of rotatable bonds is 4. The first-order valence-electron chi connectivity index (χ1n) is 5.65. The van der Waals surface area contributed by atoms with E-state index in [0.29, 0.717) is 18.7 Å². The van der Waals surface area contributed by atoms with Crippen LogP contribution >= 0.6 is 0 Å². The van der Waals surface area contributed by atoms with Crippen LogP contribution in [0.3, 0.4) is 0 Å². The van der Waals surface area contributed by atoms with Gasteiger partial charge in [0, 0.05) is 26.1 Å². The summed E-state index contributed by atoms with van der Waals surface area (Å²) >= 11 is 0. The number of amides is 1. The fourth-order valence-electron chi connectivity index (χ4n) is 1.63. The molecule has 0 aliphatic carbocycles. The molecule has 3 nitrogen and oxygen atoms in total. The van der Waals surface area contributed by atoms with E-state index in [9.17, 15) is 9.18 Å². The van der Waals surface area contributed by atoms with E-state index in [4.69, 9.17) is 5.73 Å². The second-order valence-electron chi connectivity index (χ2n) is 4.41. The van der Waals surface area contributed by atoms with Gasteiger partial charge in [0.05, 0.1) is 0 Å². The predicted molar refractivity (Wildman–Crippen MR) is 65.8 cm³/mol. The van der Waals surface area contributed by atoms with Gasteiger partial charge in [-0.2, -0.15) is 0 Å². The van der Waals surface area contributed by atoms with Crippen LogP contribution in [0, 0.1) is 18.7 Å². The SMILES string of the molecule is Cc1cc(CN(C)C(=O)C(C)CN)ccc1F. The van der Waals surface area contributed by atoms with E-state index >= 15 is 0 Å². The largest absolute Gasteiger partial charge is 0.341 e. The maximum absolute atomic E-state index is 13.1. The maximum atomic E-state index is 13.1. The van der Waals surface area contributed by atoms with Gasteiger partial charge in [-0.15, -0.1) is 0 Å². The summed E-state index contributed by atoms with van der Waals surface area (Å²) in [4.78, 5) is 13.4. The third-order valence-electron chi connectivity index (χ3n) is 2.79. The van der Waals surface area contributed by atoms with Crippen molar-refractivity contribution in [3.05, 3.63) is 35.1 Å². The summed E-state index contributed by atoms with van der Waals surface area (Å²) in [6.07, 6.45) is 0. The lowest BCUT2D eigenvalue weighted by Gasteiger charge is -2.20. The molecule has 0 aliphatic heterocycles. The molecule has 17 heavy (non-hydrogen) atoms. The van der Waals surface area contributed by atoms with Gasteiger partial charge in [0.15, 0.2) is 0 Å². The normalized spacial score (nSPS) is 12.3. The first kappa shape index (κ1) is 13.6. The van der Waals surface area contributed by atoms with Gasteiger partial charge in [-0.05, 0) is 24.1 Å². The highest BCUT2D eigenvalue weighted by atomic mass is 19.1. The molecule has 0 spiro atoms. The molecule has 1 amide bonds. The lowest BCUT2D eigenvalue weighted by Crippen LogP contribution is -2.34. The smallest absolute Gasteiger partial charge is 0.226 e. The molecule has 94 valence electrons. The van der Waals surface area contributed by atoms with Crippen molar-refractivity contribution in [2.45, 2.75) is 20.4 Å². The molecule has 1 aromatic rings. The quantitative estimate of drug-likeness (QED) is 0.867. The van der Waals surface area contributed by atoms with Gasteiger partial charge in [-0.1, -0.05) is 19.1 Å². The van der Waals surface area contributed by atoms with Crippen molar-refractivity contribution in [2.75, 3.05) is 13.6 Å². The van der Waals surface area contributed by atoms with Gasteiger partial charge < -0.3 is 10.6 Å². The van der Waals surface area contributed by atoms with E-state index in [0.717, 1.165) is 5.56 Å². The molecule has 1 aromatic carbocycles. The van der Waals surface area contributed by atoms with Crippen LogP contribution in [0.2, 0.25) is 0 Å². The average molecular weight is 238 g/mol. The minimum Gasteiger partial charge on any atom is -0.341 e. The second-order valence-corrected chi connectivity index (χ2v) is 4.41. The summed E-state index contributed by atoms with van der Waals surface area (Å²) in [6, 6.07) is 4.88. The average Bonchev–Trinajstić information content (AvgIpc) is 2.31. The van der Waals surface area contributed by atoms with Crippen LogP contribution in [0.15, 0.2) is 18.2 Å². The fourth-order valence-corrected chi connectivity index (χ4v) is 1.63. The first-order chi connectivity index (χ1) is 7.95. The van der Waals surface area contributed by atoms with Gasteiger partial charge in [0.25, 0.3) is 0 Å². The highest BCUT2D eigenvalue weighted by molar-refractivity contribution is 5.78. The van der Waals surface area contributed by atoms with Crippen molar-refractivity contribution in [2.24, 2.45) is 11.7 Å². The third-order valence-corrected chi connectivity index (χ3v) is 2.79. The van der Waals surface area contributed by atoms with Gasteiger partial charge in [-0.25, -0.2) is 4.39 Å². The van der Waals surface area contributed by atoms with Gasteiger partial charge in [0.2, 0.25) is 5.91 Å². The van der Waals surface area contributed by atoms with Crippen molar-refractivity contribution in [1.29, 1.82) is 0 Å². The molecule has 1 unspecified atom stereocenters. The number of aryl methyl sites for hydroxylation is 1. The van der Waals surface area contributed by atoms with Crippen molar-refractivity contribution < 1.29 is 9.18 Å². The minimum absolute atomic E-state index is 0.00878. The number of benzene rings is 1. The summed E-state index contributed by atoms with van der Waals surface area (Å²) in [5.74, 6) is -0.394. The molecule has 0 saturated heterocycles. The molecule has 0 aromatic heterocycles. The minimum atomic E-state index is -0.224. The molecule has 0 fully saturated rings. The van der Waals surface area contributed by atoms with Crippen molar-refractivity contribution in [3.8, 4) is 0 Å². The zero-order chi connectivity index (χ0) is 13.0. The molecule has 0 radical (unpaired) electrons. The number of hydrogen-bond donors (Lipinski definition) is 1. The summed E-state index contributed by atoms with van der Waals surface area (Å²) in [7, 11) is 1.73. The lowest BCUT2D eigenvalue weighted by atomic mass is 10.1. The molecule has 2 N–H and O–H groups in total. The molecule has 0 bridgehead atoms. The maximum Gasteiger partial charge on any atom is 0.226 e. The Balaban J connectivity index is 2.71. The van der Waals surface area contributed by atoms with Crippen molar-refractivity contribution >= 4 is 5.91 Å². The Labute approximate surface area is 101 Å². The van der Waals surface area contributed by atoms with Crippen molar-refractivity contribution in [3.63, 3.8) is 0 Å². The predicted octanol–water partition coefficient (Wildman–Crippen LogP) is 1.69. The lowest BCUT2D eigenvalue weighted by molar-refractivity contribution is -0.133. The van der Waals surface area contributed by atoms with Gasteiger partial charge in [-0.3, -0.25) is 4.79 Å². The summed E-state index contributed by atoms with van der Waals surface area (Å²) < 4.78 is 13.1. The van der Waals surface area contributed by atoms with Crippen LogP contribution < -0.4 is 5.73 Å². The Kier molecular flexibility index (Phi) is 4.63. The van der Waals surface area contributed by atoms with E-state index in [2.05, 4.69) is 0 Å². The number of carbonyl (C=O) groups is 1. The van der Waals surface area contributed by atoms with Gasteiger partial charge >= 0.3 is 0 Å². The third kappa shape index (κ3) is 3.53.